The number of rotatable bonds is 4. The number of thioether (sulfide) groups is 1. The zero-order valence-corrected chi connectivity index (χ0v) is 12.4. The van der Waals surface area contributed by atoms with Crippen molar-refractivity contribution in [2.45, 2.75) is 18.6 Å². The van der Waals surface area contributed by atoms with Crippen LogP contribution in [0.2, 0.25) is 0 Å². The fourth-order valence-electron chi connectivity index (χ4n) is 2.14. The van der Waals surface area contributed by atoms with Crippen molar-refractivity contribution in [1.82, 2.24) is 4.98 Å². The van der Waals surface area contributed by atoms with Gasteiger partial charge in [0, 0.05) is 27.5 Å². The van der Waals surface area contributed by atoms with E-state index in [-0.39, 0.29) is 11.2 Å². The van der Waals surface area contributed by atoms with E-state index in [1.165, 1.54) is 7.11 Å². The second-order valence-electron chi connectivity index (χ2n) is 4.56. The Morgan fingerprint density at radius 2 is 2.19 bits per heavy atom. The quantitative estimate of drug-likeness (QED) is 0.689. The number of nitrogens with one attached hydrogen (secondary N) is 1. The molecular weight excluding hydrogens is 292 g/mol. The minimum atomic E-state index is -0.713. The molecule has 6 nitrogen and oxygen atoms in total. The van der Waals surface area contributed by atoms with Crippen molar-refractivity contribution in [3.8, 4) is 0 Å². The number of hydrogen-bond donors (Lipinski definition) is 1. The summed E-state index contributed by atoms with van der Waals surface area (Å²) in [6.07, 6.45) is 2.45. The Kier molecular flexibility index (Phi) is 4.74. The Morgan fingerprint density at radius 1 is 1.43 bits per heavy atom. The molecule has 0 aliphatic heterocycles. The van der Waals surface area contributed by atoms with E-state index in [1.54, 1.807) is 12.1 Å². The molecule has 1 amide bonds. The SMILES string of the molecule is COC(=O)c1ccc2c(CC(C)SC(=O)N=O)c[nH]c2c1. The predicted octanol–water partition coefficient (Wildman–Crippen LogP) is 3.51. The van der Waals surface area contributed by atoms with Gasteiger partial charge in [0.05, 0.1) is 12.7 Å². The maximum atomic E-state index is 11.5. The summed E-state index contributed by atoms with van der Waals surface area (Å²) in [6.45, 7) is 1.86. The van der Waals surface area contributed by atoms with Crippen LogP contribution in [-0.2, 0) is 11.2 Å². The summed E-state index contributed by atoms with van der Waals surface area (Å²) in [7, 11) is 1.34. The van der Waals surface area contributed by atoms with Crippen LogP contribution in [0.3, 0.4) is 0 Å². The Labute approximate surface area is 125 Å². The summed E-state index contributed by atoms with van der Waals surface area (Å²) in [5.74, 6) is -0.389. The van der Waals surface area contributed by atoms with E-state index >= 15 is 0 Å². The molecule has 0 aliphatic carbocycles. The van der Waals surface area contributed by atoms with Crippen molar-refractivity contribution in [3.63, 3.8) is 0 Å². The molecule has 0 saturated heterocycles. The number of nitroso groups, excluding NO2 is 1. The lowest BCUT2D eigenvalue weighted by Gasteiger charge is -2.06. The molecule has 1 atom stereocenters. The molecule has 0 radical (unpaired) electrons. The van der Waals surface area contributed by atoms with Crippen LogP contribution in [0, 0.1) is 4.91 Å². The van der Waals surface area contributed by atoms with Crippen molar-refractivity contribution in [2.24, 2.45) is 5.18 Å². The maximum absolute atomic E-state index is 11.5. The van der Waals surface area contributed by atoms with Gasteiger partial charge in [0.25, 0.3) is 0 Å². The summed E-state index contributed by atoms with van der Waals surface area (Å²) in [5.41, 5.74) is 2.31. The van der Waals surface area contributed by atoms with Crippen LogP contribution in [0.1, 0.15) is 22.8 Å². The van der Waals surface area contributed by atoms with Gasteiger partial charge in [-0.15, -0.1) is 4.91 Å². The van der Waals surface area contributed by atoms with E-state index < -0.39 is 5.24 Å². The molecule has 2 rings (SSSR count). The molecule has 1 N–H and O–H groups in total. The van der Waals surface area contributed by atoms with Gasteiger partial charge in [-0.2, -0.15) is 0 Å². The molecule has 0 saturated carbocycles. The summed E-state index contributed by atoms with van der Waals surface area (Å²) >= 11 is 0.912. The Bertz CT molecular complexity index is 695. The first-order valence-electron chi connectivity index (χ1n) is 6.27. The van der Waals surface area contributed by atoms with Crippen molar-refractivity contribution in [1.29, 1.82) is 0 Å². The van der Waals surface area contributed by atoms with Crippen LogP contribution in [0.5, 0.6) is 0 Å². The van der Waals surface area contributed by atoms with Crippen LogP contribution in [-0.4, -0.2) is 28.6 Å². The van der Waals surface area contributed by atoms with Gasteiger partial charge in [0.15, 0.2) is 0 Å². The van der Waals surface area contributed by atoms with E-state index in [2.05, 4.69) is 14.9 Å². The number of esters is 1. The minimum Gasteiger partial charge on any atom is -0.465 e. The third-order valence-electron chi connectivity index (χ3n) is 3.07. The fourth-order valence-corrected chi connectivity index (χ4v) is 2.80. The number of benzene rings is 1. The van der Waals surface area contributed by atoms with Gasteiger partial charge in [-0.3, -0.25) is 4.79 Å². The van der Waals surface area contributed by atoms with Gasteiger partial charge in [0.2, 0.25) is 0 Å². The molecule has 2 aromatic rings. The molecule has 7 heteroatoms. The van der Waals surface area contributed by atoms with Gasteiger partial charge in [-0.1, -0.05) is 24.8 Å². The average molecular weight is 306 g/mol. The molecule has 110 valence electrons. The third kappa shape index (κ3) is 3.49. The van der Waals surface area contributed by atoms with E-state index in [0.29, 0.717) is 12.0 Å². The van der Waals surface area contributed by atoms with Crippen LogP contribution in [0.15, 0.2) is 29.6 Å². The number of hydrogen-bond acceptors (Lipinski definition) is 5. The highest BCUT2D eigenvalue weighted by atomic mass is 32.2. The van der Waals surface area contributed by atoms with Crippen molar-refractivity contribution in [2.75, 3.05) is 7.11 Å². The monoisotopic (exact) mass is 306 g/mol. The average Bonchev–Trinajstić information content (AvgIpc) is 2.88. The first-order valence-corrected chi connectivity index (χ1v) is 7.15. The second-order valence-corrected chi connectivity index (χ2v) is 5.95. The Morgan fingerprint density at radius 3 is 2.86 bits per heavy atom. The zero-order chi connectivity index (χ0) is 15.4. The normalized spacial score (nSPS) is 12.1. The standard InChI is InChI=1S/C14H14N2O4S/c1-8(21-14(18)16-19)5-10-7-15-12-6-9(13(17)20-2)3-4-11(10)12/h3-4,6-8,15H,5H2,1-2H3. The first-order chi connectivity index (χ1) is 10.0. The maximum Gasteiger partial charge on any atom is 0.343 e. The zero-order valence-electron chi connectivity index (χ0n) is 11.6. The highest BCUT2D eigenvalue weighted by Crippen LogP contribution is 2.25. The Balaban J connectivity index is 2.20. The number of methoxy groups -OCH3 is 1. The molecule has 0 spiro atoms. The van der Waals surface area contributed by atoms with Gasteiger partial charge >= 0.3 is 11.2 Å². The van der Waals surface area contributed by atoms with Gasteiger partial charge in [-0.25, -0.2) is 4.79 Å². The van der Waals surface area contributed by atoms with E-state index in [9.17, 15) is 14.5 Å². The highest BCUT2D eigenvalue weighted by Gasteiger charge is 2.14. The number of ether oxygens (including phenoxy) is 1. The molecular formula is C14H14N2O4S. The number of carbonyl (C=O) groups excluding carboxylic acids is 2. The largest absolute Gasteiger partial charge is 0.465 e. The van der Waals surface area contributed by atoms with Gasteiger partial charge in [0.1, 0.15) is 0 Å². The van der Waals surface area contributed by atoms with Crippen molar-refractivity contribution in [3.05, 3.63) is 40.4 Å². The summed E-state index contributed by atoms with van der Waals surface area (Å²) in [6, 6.07) is 5.26. The first kappa shape index (κ1) is 15.2. The number of fused-ring (bicyclic) bond motifs is 1. The molecule has 1 unspecified atom stereocenters. The molecule has 0 bridgehead atoms. The van der Waals surface area contributed by atoms with Gasteiger partial charge < -0.3 is 9.72 Å². The smallest absolute Gasteiger partial charge is 0.343 e. The van der Waals surface area contributed by atoms with E-state index in [0.717, 1.165) is 28.2 Å². The Hall–Kier alpha value is -2.15. The lowest BCUT2D eigenvalue weighted by atomic mass is 10.1. The van der Waals surface area contributed by atoms with E-state index in [4.69, 9.17) is 0 Å². The molecule has 1 heterocycles. The second kappa shape index (κ2) is 6.53. The predicted molar refractivity (Wildman–Crippen MR) is 81.6 cm³/mol. The summed E-state index contributed by atoms with van der Waals surface area (Å²) < 4.78 is 4.68. The lowest BCUT2D eigenvalue weighted by molar-refractivity contribution is 0.0601. The number of aromatic amines is 1. The third-order valence-corrected chi connectivity index (χ3v) is 3.92. The molecule has 0 fully saturated rings. The van der Waals surface area contributed by atoms with Crippen molar-refractivity contribution >= 4 is 33.9 Å². The molecule has 1 aromatic carbocycles. The topological polar surface area (TPSA) is 88.6 Å². The highest BCUT2D eigenvalue weighted by molar-refractivity contribution is 8.14. The number of carbonyl (C=O) groups is 2. The fraction of sp³-hybridized carbons (Fsp3) is 0.286. The van der Waals surface area contributed by atoms with Crippen LogP contribution < -0.4 is 0 Å². The van der Waals surface area contributed by atoms with E-state index in [1.807, 2.05) is 19.2 Å². The van der Waals surface area contributed by atoms with Crippen LogP contribution >= 0.6 is 11.8 Å². The summed E-state index contributed by atoms with van der Waals surface area (Å²) in [5, 5.41) is 2.58. The molecule has 1 aromatic heterocycles. The lowest BCUT2D eigenvalue weighted by Crippen LogP contribution is -2.03. The minimum absolute atomic E-state index is 0.0607. The number of amides is 1. The van der Waals surface area contributed by atoms with Crippen molar-refractivity contribution < 1.29 is 14.3 Å². The molecule has 0 aliphatic rings. The van der Waals surface area contributed by atoms with Gasteiger partial charge in [-0.05, 0) is 24.1 Å². The number of H-pyrrole nitrogens is 1. The molecule has 21 heavy (non-hydrogen) atoms. The number of nitrogens with zero attached hydrogens (tertiary/aromatic N) is 1. The summed E-state index contributed by atoms with van der Waals surface area (Å²) in [4.78, 5) is 35.7. The van der Waals surface area contributed by atoms with Crippen LogP contribution in [0.4, 0.5) is 4.79 Å². The number of aromatic nitrogens is 1. The van der Waals surface area contributed by atoms with Crippen LogP contribution in [0.25, 0.3) is 10.9 Å².